The zero-order chi connectivity index (χ0) is 14.8. The molecule has 0 fully saturated rings. The van der Waals surface area contributed by atoms with Crippen molar-refractivity contribution in [2.45, 2.75) is 6.92 Å². The summed E-state index contributed by atoms with van der Waals surface area (Å²) < 4.78 is 13.4. The third-order valence-electron chi connectivity index (χ3n) is 3.23. The van der Waals surface area contributed by atoms with E-state index in [1.807, 2.05) is 18.2 Å². The highest BCUT2D eigenvalue weighted by molar-refractivity contribution is 6.05. The average Bonchev–Trinajstić information content (AvgIpc) is 2.53. The number of hydrogen-bond acceptors (Lipinski definition) is 4. The Labute approximate surface area is 120 Å². The van der Waals surface area contributed by atoms with Gasteiger partial charge in [-0.3, -0.25) is 4.98 Å². The molecule has 0 aliphatic rings. The van der Waals surface area contributed by atoms with Crippen molar-refractivity contribution in [3.05, 3.63) is 60.0 Å². The number of pyridine rings is 2. The fraction of sp³-hybridized carbons (Fsp3) is 0.0625. The Hall–Kier alpha value is -2.82. The van der Waals surface area contributed by atoms with Crippen LogP contribution in [0.5, 0.6) is 0 Å². The predicted molar refractivity (Wildman–Crippen MR) is 78.9 cm³/mol. The molecule has 0 amide bonds. The molecule has 0 aliphatic heterocycles. The number of rotatable bonds is 2. The molecule has 4 nitrogen and oxygen atoms in total. The lowest BCUT2D eigenvalue weighted by Gasteiger charge is -2.09. The molecule has 0 saturated carbocycles. The summed E-state index contributed by atoms with van der Waals surface area (Å²) >= 11 is 0. The lowest BCUT2D eigenvalue weighted by atomic mass is 10.0. The highest BCUT2D eigenvalue weighted by Gasteiger charge is 2.13. The smallest absolute Gasteiger partial charge is 0.125 e. The maximum atomic E-state index is 13.4. The number of aromatic nitrogens is 2. The van der Waals surface area contributed by atoms with Crippen molar-refractivity contribution in [1.82, 2.24) is 9.97 Å². The molecule has 104 valence electrons. The van der Waals surface area contributed by atoms with Crippen LogP contribution in [0.3, 0.4) is 0 Å². The van der Waals surface area contributed by atoms with Gasteiger partial charge in [0.1, 0.15) is 5.82 Å². The van der Waals surface area contributed by atoms with Crippen molar-refractivity contribution in [2.24, 2.45) is 5.16 Å². The number of hydrogen-bond donors (Lipinski definition) is 1. The number of halogens is 1. The van der Waals surface area contributed by atoms with E-state index < -0.39 is 0 Å². The zero-order valence-electron chi connectivity index (χ0n) is 11.3. The van der Waals surface area contributed by atoms with Crippen LogP contribution in [0, 0.1) is 5.82 Å². The monoisotopic (exact) mass is 281 g/mol. The van der Waals surface area contributed by atoms with Crippen molar-refractivity contribution >= 4 is 16.6 Å². The van der Waals surface area contributed by atoms with Crippen molar-refractivity contribution in [1.29, 1.82) is 0 Å². The Morgan fingerprint density at radius 3 is 2.76 bits per heavy atom. The van der Waals surface area contributed by atoms with Crippen molar-refractivity contribution in [3.63, 3.8) is 0 Å². The Kier molecular flexibility index (Phi) is 3.31. The van der Waals surface area contributed by atoms with Gasteiger partial charge in [-0.1, -0.05) is 11.2 Å². The first-order chi connectivity index (χ1) is 10.2. The van der Waals surface area contributed by atoms with E-state index >= 15 is 0 Å². The lowest BCUT2D eigenvalue weighted by Crippen LogP contribution is -2.02. The fourth-order valence-electron chi connectivity index (χ4n) is 2.17. The van der Waals surface area contributed by atoms with E-state index in [4.69, 9.17) is 5.21 Å². The molecule has 0 radical (unpaired) electrons. The fourth-order valence-corrected chi connectivity index (χ4v) is 2.17. The average molecular weight is 281 g/mol. The summed E-state index contributed by atoms with van der Waals surface area (Å²) in [4.78, 5) is 8.74. The number of oxime groups is 1. The summed E-state index contributed by atoms with van der Waals surface area (Å²) in [6.07, 6.45) is 1.65. The van der Waals surface area contributed by atoms with Gasteiger partial charge in [-0.15, -0.1) is 0 Å². The van der Waals surface area contributed by atoms with Gasteiger partial charge >= 0.3 is 0 Å². The predicted octanol–water partition coefficient (Wildman–Crippen LogP) is 3.63. The molecule has 3 aromatic rings. The van der Waals surface area contributed by atoms with E-state index in [2.05, 4.69) is 15.1 Å². The Bertz CT molecular complexity index is 832. The molecular weight excluding hydrogens is 269 g/mol. The molecule has 5 heteroatoms. The van der Waals surface area contributed by atoms with Crippen LogP contribution < -0.4 is 0 Å². The molecule has 0 aliphatic carbocycles. The van der Waals surface area contributed by atoms with Gasteiger partial charge in [0.05, 0.1) is 22.6 Å². The van der Waals surface area contributed by atoms with Crippen molar-refractivity contribution < 1.29 is 9.60 Å². The van der Waals surface area contributed by atoms with E-state index in [0.717, 1.165) is 5.39 Å². The third-order valence-corrected chi connectivity index (χ3v) is 3.23. The molecule has 1 N–H and O–H groups in total. The second-order valence-corrected chi connectivity index (χ2v) is 4.62. The Balaban J connectivity index is 2.34. The number of benzene rings is 1. The minimum atomic E-state index is -0.345. The highest BCUT2D eigenvalue weighted by atomic mass is 19.1. The Morgan fingerprint density at radius 2 is 2.05 bits per heavy atom. The first-order valence-corrected chi connectivity index (χ1v) is 6.40. The Morgan fingerprint density at radius 1 is 1.19 bits per heavy atom. The quantitative estimate of drug-likeness (QED) is 0.443. The van der Waals surface area contributed by atoms with Crippen LogP contribution in [0.1, 0.15) is 12.5 Å². The molecule has 0 atom stereocenters. The molecule has 0 spiro atoms. The van der Waals surface area contributed by atoms with Crippen LogP contribution in [-0.2, 0) is 0 Å². The largest absolute Gasteiger partial charge is 0.411 e. The van der Waals surface area contributed by atoms with Gasteiger partial charge in [-0.2, -0.15) is 0 Å². The minimum absolute atomic E-state index is 0.345. The van der Waals surface area contributed by atoms with Crippen molar-refractivity contribution in [2.75, 3.05) is 0 Å². The van der Waals surface area contributed by atoms with E-state index in [9.17, 15) is 4.39 Å². The van der Waals surface area contributed by atoms with Crippen molar-refractivity contribution in [3.8, 4) is 11.4 Å². The van der Waals surface area contributed by atoms with E-state index in [1.54, 1.807) is 25.3 Å². The minimum Gasteiger partial charge on any atom is -0.411 e. The van der Waals surface area contributed by atoms with Crippen LogP contribution >= 0.6 is 0 Å². The lowest BCUT2D eigenvalue weighted by molar-refractivity contribution is 0.319. The normalized spacial score (nSPS) is 11.8. The molecule has 1 aromatic carbocycles. The highest BCUT2D eigenvalue weighted by Crippen LogP contribution is 2.25. The second-order valence-electron chi connectivity index (χ2n) is 4.62. The van der Waals surface area contributed by atoms with Gasteiger partial charge in [0.25, 0.3) is 0 Å². The van der Waals surface area contributed by atoms with Crippen LogP contribution in [0.4, 0.5) is 4.39 Å². The SMILES string of the molecule is C/C(=N\O)c1cc2ccc(F)cc2nc1-c1ccccn1. The maximum Gasteiger partial charge on any atom is 0.125 e. The first kappa shape index (κ1) is 13.2. The van der Waals surface area contributed by atoms with Gasteiger partial charge in [-0.25, -0.2) is 9.37 Å². The molecule has 0 unspecified atom stereocenters. The first-order valence-electron chi connectivity index (χ1n) is 6.40. The van der Waals surface area contributed by atoms with Gasteiger partial charge < -0.3 is 5.21 Å². The standard InChI is InChI=1S/C16H12FN3O/c1-10(20-21)13-8-11-5-6-12(17)9-15(11)19-16(13)14-4-2-3-7-18-14/h2-9,21H,1H3/b20-10+. The summed E-state index contributed by atoms with van der Waals surface area (Å²) in [5, 5.41) is 13.1. The molecule has 2 heterocycles. The summed E-state index contributed by atoms with van der Waals surface area (Å²) in [6, 6.07) is 11.7. The second kappa shape index (κ2) is 5.28. The van der Waals surface area contributed by atoms with Crippen LogP contribution in [-0.4, -0.2) is 20.9 Å². The number of nitrogens with zero attached hydrogens (tertiary/aromatic N) is 3. The molecule has 21 heavy (non-hydrogen) atoms. The zero-order valence-corrected chi connectivity index (χ0v) is 11.3. The topological polar surface area (TPSA) is 58.4 Å². The van der Waals surface area contributed by atoms with Crippen LogP contribution in [0.2, 0.25) is 0 Å². The van der Waals surface area contributed by atoms with E-state index in [-0.39, 0.29) is 5.82 Å². The van der Waals surface area contributed by atoms with Gasteiger partial charge in [-0.05, 0) is 37.3 Å². The third kappa shape index (κ3) is 2.45. The summed E-state index contributed by atoms with van der Waals surface area (Å²) in [5.41, 5.74) is 2.82. The molecular formula is C16H12FN3O. The maximum absolute atomic E-state index is 13.4. The van der Waals surface area contributed by atoms with Crippen LogP contribution in [0.15, 0.2) is 53.8 Å². The molecule has 2 aromatic heterocycles. The summed E-state index contributed by atoms with van der Waals surface area (Å²) in [5.74, 6) is -0.345. The summed E-state index contributed by atoms with van der Waals surface area (Å²) in [7, 11) is 0. The molecule has 0 bridgehead atoms. The van der Waals surface area contributed by atoms with Gasteiger partial charge in [0, 0.05) is 23.2 Å². The molecule has 3 rings (SSSR count). The van der Waals surface area contributed by atoms with E-state index in [1.165, 1.54) is 12.1 Å². The van der Waals surface area contributed by atoms with Gasteiger partial charge in [0.15, 0.2) is 0 Å². The van der Waals surface area contributed by atoms with Crippen LogP contribution in [0.25, 0.3) is 22.3 Å². The summed E-state index contributed by atoms with van der Waals surface area (Å²) in [6.45, 7) is 1.68. The molecule has 0 saturated heterocycles. The number of fused-ring (bicyclic) bond motifs is 1. The van der Waals surface area contributed by atoms with E-state index in [0.29, 0.717) is 28.2 Å². The van der Waals surface area contributed by atoms with Gasteiger partial charge in [0.2, 0.25) is 0 Å².